The maximum Gasteiger partial charge on any atom is 0.305 e. The van der Waals surface area contributed by atoms with Crippen LogP contribution < -0.4 is 10.6 Å². The number of anilines is 1. The van der Waals surface area contributed by atoms with Crippen LogP contribution in [0.15, 0.2) is 78.9 Å². The van der Waals surface area contributed by atoms with Crippen molar-refractivity contribution >= 4 is 46.7 Å². The van der Waals surface area contributed by atoms with Crippen LogP contribution in [0.4, 0.5) is 5.69 Å². The second-order valence-corrected chi connectivity index (χ2v) is 8.93. The number of para-hydroxylation sites is 1. The first-order valence-corrected chi connectivity index (χ1v) is 12.0. The SMILES string of the molecule is O=C(O)CCNC(=O)c1ccc(Cn2nc(C(=O)Nc3ccccc3)cc2-c2ccc(Cl)c(Cl)c2)cc1. The smallest absolute Gasteiger partial charge is 0.305 e. The number of nitrogens with zero attached hydrogens (tertiary/aromatic N) is 2. The predicted molar refractivity (Wildman–Crippen MR) is 142 cm³/mol. The van der Waals surface area contributed by atoms with Crippen LogP contribution in [0, 0.1) is 0 Å². The third kappa shape index (κ3) is 6.75. The molecule has 0 radical (unpaired) electrons. The highest BCUT2D eigenvalue weighted by Gasteiger charge is 2.17. The molecule has 0 aliphatic carbocycles. The fourth-order valence-electron chi connectivity index (χ4n) is 3.57. The van der Waals surface area contributed by atoms with Gasteiger partial charge < -0.3 is 15.7 Å². The van der Waals surface area contributed by atoms with Crippen LogP contribution in [0.5, 0.6) is 0 Å². The number of aromatic nitrogens is 2. The minimum atomic E-state index is -0.982. The van der Waals surface area contributed by atoms with Gasteiger partial charge in [-0.3, -0.25) is 19.1 Å². The lowest BCUT2D eigenvalue weighted by Crippen LogP contribution is -2.25. The number of carbonyl (C=O) groups is 3. The summed E-state index contributed by atoms with van der Waals surface area (Å²) in [6, 6.07) is 22.8. The molecule has 4 aromatic rings. The monoisotopic (exact) mass is 536 g/mol. The minimum Gasteiger partial charge on any atom is -0.481 e. The number of nitrogens with one attached hydrogen (secondary N) is 2. The Bertz CT molecular complexity index is 1440. The Balaban J connectivity index is 1.58. The summed E-state index contributed by atoms with van der Waals surface area (Å²) >= 11 is 12.3. The van der Waals surface area contributed by atoms with Crippen LogP contribution in [0.2, 0.25) is 10.0 Å². The molecule has 8 nitrogen and oxygen atoms in total. The standard InChI is InChI=1S/C27H22Cl2N4O4/c28-21-11-10-19(14-22(21)29)24-15-23(27(37)31-20-4-2-1-3-5-20)32-33(24)16-17-6-8-18(9-7-17)26(36)30-13-12-25(34)35/h1-11,14-15H,12-13,16H2,(H,30,36)(H,31,37)(H,34,35). The Hall–Kier alpha value is -4.14. The van der Waals surface area contributed by atoms with Crippen molar-refractivity contribution in [2.24, 2.45) is 0 Å². The number of carboxylic acids is 1. The first-order chi connectivity index (χ1) is 17.8. The number of amides is 2. The maximum atomic E-state index is 12.9. The number of carbonyl (C=O) groups excluding carboxylic acids is 2. The zero-order valence-corrected chi connectivity index (χ0v) is 21.0. The van der Waals surface area contributed by atoms with Gasteiger partial charge >= 0.3 is 5.97 Å². The van der Waals surface area contributed by atoms with Crippen molar-refractivity contribution in [3.8, 4) is 11.3 Å². The lowest BCUT2D eigenvalue weighted by molar-refractivity contribution is -0.136. The van der Waals surface area contributed by atoms with E-state index in [1.807, 2.05) is 18.2 Å². The molecule has 4 rings (SSSR count). The molecule has 0 atom stereocenters. The molecule has 37 heavy (non-hydrogen) atoms. The van der Waals surface area contributed by atoms with Gasteiger partial charge in [0.1, 0.15) is 0 Å². The second kappa shape index (κ2) is 11.7. The van der Waals surface area contributed by atoms with E-state index in [1.165, 1.54) is 0 Å². The van der Waals surface area contributed by atoms with Crippen molar-refractivity contribution in [2.75, 3.05) is 11.9 Å². The lowest BCUT2D eigenvalue weighted by Gasteiger charge is -2.10. The number of carboxylic acid groups (broad SMARTS) is 1. The summed E-state index contributed by atoms with van der Waals surface area (Å²) in [7, 11) is 0. The molecule has 3 aromatic carbocycles. The summed E-state index contributed by atoms with van der Waals surface area (Å²) in [5.74, 6) is -1.70. The van der Waals surface area contributed by atoms with Crippen molar-refractivity contribution in [3.05, 3.63) is 106 Å². The third-order valence-electron chi connectivity index (χ3n) is 5.43. The summed E-state index contributed by atoms with van der Waals surface area (Å²) in [5, 5.41) is 19.5. The van der Waals surface area contributed by atoms with E-state index in [1.54, 1.807) is 65.3 Å². The van der Waals surface area contributed by atoms with Gasteiger partial charge in [-0.15, -0.1) is 0 Å². The molecular weight excluding hydrogens is 515 g/mol. The van der Waals surface area contributed by atoms with Gasteiger partial charge in [0.25, 0.3) is 11.8 Å². The van der Waals surface area contributed by atoms with E-state index in [2.05, 4.69) is 15.7 Å². The molecule has 0 aliphatic rings. The van der Waals surface area contributed by atoms with E-state index in [0.717, 1.165) is 11.1 Å². The van der Waals surface area contributed by atoms with Gasteiger partial charge in [-0.1, -0.05) is 59.6 Å². The average molecular weight is 537 g/mol. The predicted octanol–water partition coefficient (Wildman–Crippen LogP) is 5.36. The van der Waals surface area contributed by atoms with E-state index in [0.29, 0.717) is 33.5 Å². The summed E-state index contributed by atoms with van der Waals surface area (Å²) in [5.41, 5.74) is 3.50. The topological polar surface area (TPSA) is 113 Å². The highest BCUT2D eigenvalue weighted by Crippen LogP contribution is 2.29. The lowest BCUT2D eigenvalue weighted by atomic mass is 10.1. The summed E-state index contributed by atoms with van der Waals surface area (Å²) in [6.07, 6.45) is -0.152. The zero-order valence-electron chi connectivity index (χ0n) is 19.4. The Morgan fingerprint density at radius 2 is 1.59 bits per heavy atom. The van der Waals surface area contributed by atoms with Gasteiger partial charge in [0, 0.05) is 23.4 Å². The summed E-state index contributed by atoms with van der Waals surface area (Å²) in [6.45, 7) is 0.360. The molecule has 3 N–H and O–H groups in total. The zero-order chi connectivity index (χ0) is 26.4. The molecule has 10 heteroatoms. The van der Waals surface area contributed by atoms with Crippen LogP contribution in [-0.2, 0) is 11.3 Å². The van der Waals surface area contributed by atoms with Crippen LogP contribution >= 0.6 is 23.2 Å². The molecule has 1 aromatic heterocycles. The minimum absolute atomic E-state index is 0.0457. The van der Waals surface area contributed by atoms with Gasteiger partial charge in [-0.2, -0.15) is 5.10 Å². The normalized spacial score (nSPS) is 10.6. The van der Waals surface area contributed by atoms with Gasteiger partial charge in [0.05, 0.1) is 28.7 Å². The molecule has 0 bridgehead atoms. The van der Waals surface area contributed by atoms with Gasteiger partial charge in [-0.05, 0) is 48.0 Å². The third-order valence-corrected chi connectivity index (χ3v) is 6.17. The molecule has 2 amide bonds. The van der Waals surface area contributed by atoms with Crippen molar-refractivity contribution in [1.29, 1.82) is 0 Å². The Morgan fingerprint density at radius 1 is 0.865 bits per heavy atom. The molecule has 0 saturated carbocycles. The quantitative estimate of drug-likeness (QED) is 0.266. The van der Waals surface area contributed by atoms with Crippen molar-refractivity contribution in [1.82, 2.24) is 15.1 Å². The Kier molecular flexibility index (Phi) is 8.22. The molecule has 0 saturated heterocycles. The van der Waals surface area contributed by atoms with E-state index < -0.39 is 5.97 Å². The maximum absolute atomic E-state index is 12.9. The van der Waals surface area contributed by atoms with Crippen molar-refractivity contribution in [3.63, 3.8) is 0 Å². The number of aliphatic carboxylic acids is 1. The molecular formula is C27H22Cl2N4O4. The largest absolute Gasteiger partial charge is 0.481 e. The van der Waals surface area contributed by atoms with Gasteiger partial charge in [-0.25, -0.2) is 0 Å². The number of rotatable bonds is 9. The molecule has 0 fully saturated rings. The van der Waals surface area contributed by atoms with Crippen LogP contribution in [0.25, 0.3) is 11.3 Å². The average Bonchev–Trinajstić information content (AvgIpc) is 3.30. The highest BCUT2D eigenvalue weighted by atomic mass is 35.5. The molecule has 0 spiro atoms. The fraction of sp³-hybridized carbons (Fsp3) is 0.111. The van der Waals surface area contributed by atoms with E-state index >= 15 is 0 Å². The Labute approximate surface area is 222 Å². The molecule has 0 aliphatic heterocycles. The molecule has 1 heterocycles. The first kappa shape index (κ1) is 25.9. The first-order valence-electron chi connectivity index (χ1n) is 11.3. The van der Waals surface area contributed by atoms with Gasteiger partial charge in [0.15, 0.2) is 5.69 Å². The fourth-order valence-corrected chi connectivity index (χ4v) is 3.87. The highest BCUT2D eigenvalue weighted by molar-refractivity contribution is 6.42. The number of hydrogen-bond acceptors (Lipinski definition) is 4. The van der Waals surface area contributed by atoms with E-state index in [4.69, 9.17) is 28.3 Å². The summed E-state index contributed by atoms with van der Waals surface area (Å²) in [4.78, 5) is 35.8. The van der Waals surface area contributed by atoms with Gasteiger partial charge in [0.2, 0.25) is 0 Å². The molecule has 0 unspecified atom stereocenters. The van der Waals surface area contributed by atoms with Crippen LogP contribution in [0.1, 0.15) is 32.8 Å². The number of halogens is 2. The van der Waals surface area contributed by atoms with Crippen molar-refractivity contribution < 1.29 is 19.5 Å². The van der Waals surface area contributed by atoms with E-state index in [-0.39, 0.29) is 30.5 Å². The summed E-state index contributed by atoms with van der Waals surface area (Å²) < 4.78 is 1.68. The second-order valence-electron chi connectivity index (χ2n) is 8.12. The van der Waals surface area contributed by atoms with Crippen LogP contribution in [0.3, 0.4) is 0 Å². The van der Waals surface area contributed by atoms with E-state index in [9.17, 15) is 14.4 Å². The van der Waals surface area contributed by atoms with Crippen molar-refractivity contribution in [2.45, 2.75) is 13.0 Å². The Morgan fingerprint density at radius 3 is 2.27 bits per heavy atom. The number of hydrogen-bond donors (Lipinski definition) is 3. The number of benzene rings is 3. The van der Waals surface area contributed by atoms with Crippen LogP contribution in [-0.4, -0.2) is 39.2 Å². The molecule has 188 valence electrons.